The van der Waals surface area contributed by atoms with Crippen molar-refractivity contribution < 1.29 is 23.0 Å². The summed E-state index contributed by atoms with van der Waals surface area (Å²) in [6, 6.07) is 0. The van der Waals surface area contributed by atoms with Crippen molar-refractivity contribution >= 4 is 7.25 Å². The van der Waals surface area contributed by atoms with Gasteiger partial charge in [0.2, 0.25) is 0 Å². The number of quaternary nitrogens is 1. The minimum Gasteiger partial charge on any atom is -0.418 e. The molecule has 0 aromatic rings. The van der Waals surface area contributed by atoms with E-state index < -0.39 is 7.25 Å². The van der Waals surface area contributed by atoms with Gasteiger partial charge in [-0.25, -0.2) is 0 Å². The molecule has 6 heteroatoms. The largest absolute Gasteiger partial charge is 0.673 e. The lowest BCUT2D eigenvalue weighted by molar-refractivity contribution is -0.493. The third-order valence-corrected chi connectivity index (χ3v) is 3.07. The molecule has 0 aromatic carbocycles. The summed E-state index contributed by atoms with van der Waals surface area (Å²) in [6.45, 7) is 9.03. The monoisotopic (exact) mass is 231 g/mol. The van der Waals surface area contributed by atoms with Crippen LogP contribution in [0.25, 0.3) is 0 Å². The molecule has 0 heterocycles. The van der Waals surface area contributed by atoms with E-state index in [9.17, 15) is 17.3 Å². The lowest BCUT2D eigenvalue weighted by Gasteiger charge is -2.28. The van der Waals surface area contributed by atoms with Crippen molar-refractivity contribution in [2.75, 3.05) is 0 Å². The van der Waals surface area contributed by atoms with Crippen molar-refractivity contribution in [2.24, 2.45) is 5.92 Å². The molecule has 0 rings (SSSR count). The van der Waals surface area contributed by atoms with Gasteiger partial charge in [0.15, 0.2) is 0 Å². The third kappa shape index (κ3) is 10.0. The molecule has 0 aliphatic rings. The standard InChI is InChI=1S/C9H21N.BF4/c1-5-8(4)9(10,6-2)7-3;2-1(3,4)5/h8H,5-7,10H2,1-4H3;/q;-1/p+1. The van der Waals surface area contributed by atoms with Crippen molar-refractivity contribution in [3.8, 4) is 0 Å². The van der Waals surface area contributed by atoms with Crippen LogP contribution in [0.4, 0.5) is 17.3 Å². The van der Waals surface area contributed by atoms with Crippen molar-refractivity contribution in [2.45, 2.75) is 52.5 Å². The Bertz CT molecular complexity index is 151. The molecule has 0 radical (unpaired) electrons. The van der Waals surface area contributed by atoms with Crippen molar-refractivity contribution in [1.29, 1.82) is 0 Å². The third-order valence-electron chi connectivity index (χ3n) is 3.07. The van der Waals surface area contributed by atoms with E-state index in [1.54, 1.807) is 0 Å². The zero-order valence-corrected chi connectivity index (χ0v) is 9.99. The highest BCUT2D eigenvalue weighted by Gasteiger charge is 2.30. The second-order valence-electron chi connectivity index (χ2n) is 3.87. The van der Waals surface area contributed by atoms with Crippen LogP contribution in [-0.2, 0) is 0 Å². The Kier molecular flexibility index (Phi) is 8.11. The first-order chi connectivity index (χ1) is 6.60. The fraction of sp³-hybridized carbons (Fsp3) is 1.00. The van der Waals surface area contributed by atoms with E-state index in [1.165, 1.54) is 19.3 Å². The Labute approximate surface area is 89.5 Å². The van der Waals surface area contributed by atoms with Gasteiger partial charge in [-0.15, -0.1) is 0 Å². The Morgan fingerprint density at radius 1 is 1.07 bits per heavy atom. The molecular formula is C9H22BF4N. The molecule has 1 unspecified atom stereocenters. The van der Waals surface area contributed by atoms with Gasteiger partial charge in [-0.1, -0.05) is 27.7 Å². The van der Waals surface area contributed by atoms with Gasteiger partial charge in [0.1, 0.15) is 0 Å². The number of halogens is 4. The molecule has 0 aliphatic heterocycles. The highest BCUT2D eigenvalue weighted by Crippen LogP contribution is 2.22. The molecule has 0 amide bonds. The Balaban J connectivity index is 0. The quantitative estimate of drug-likeness (QED) is 0.568. The smallest absolute Gasteiger partial charge is 0.418 e. The molecular weight excluding hydrogens is 209 g/mol. The van der Waals surface area contributed by atoms with Crippen LogP contribution < -0.4 is 5.73 Å². The van der Waals surface area contributed by atoms with Crippen molar-refractivity contribution in [1.82, 2.24) is 0 Å². The van der Waals surface area contributed by atoms with Gasteiger partial charge in [0, 0.05) is 5.92 Å². The highest BCUT2D eigenvalue weighted by atomic mass is 19.5. The maximum Gasteiger partial charge on any atom is 0.673 e. The Hall–Kier alpha value is -0.255. The lowest BCUT2D eigenvalue weighted by atomic mass is 9.80. The second kappa shape index (κ2) is 7.09. The molecule has 0 aromatic heterocycles. The van der Waals surface area contributed by atoms with Gasteiger partial charge in [-0.05, 0) is 19.3 Å². The van der Waals surface area contributed by atoms with Crippen molar-refractivity contribution in [3.05, 3.63) is 0 Å². The van der Waals surface area contributed by atoms with E-state index >= 15 is 0 Å². The van der Waals surface area contributed by atoms with E-state index in [-0.39, 0.29) is 0 Å². The highest BCUT2D eigenvalue weighted by molar-refractivity contribution is 6.50. The maximum atomic E-state index is 9.75. The first-order valence-electron chi connectivity index (χ1n) is 5.33. The number of rotatable bonds is 4. The Morgan fingerprint density at radius 2 is 1.33 bits per heavy atom. The van der Waals surface area contributed by atoms with Crippen LogP contribution in [-0.4, -0.2) is 12.8 Å². The fourth-order valence-electron chi connectivity index (χ4n) is 1.38. The molecule has 0 bridgehead atoms. The van der Waals surface area contributed by atoms with Crippen LogP contribution in [0.1, 0.15) is 47.0 Å². The van der Waals surface area contributed by atoms with E-state index in [4.69, 9.17) is 0 Å². The van der Waals surface area contributed by atoms with Gasteiger partial charge in [-0.3, -0.25) is 0 Å². The molecule has 94 valence electrons. The Morgan fingerprint density at radius 3 is 1.40 bits per heavy atom. The fourth-order valence-corrected chi connectivity index (χ4v) is 1.38. The molecule has 0 spiro atoms. The van der Waals surface area contributed by atoms with Gasteiger partial charge < -0.3 is 23.0 Å². The summed E-state index contributed by atoms with van der Waals surface area (Å²) >= 11 is 0. The van der Waals surface area contributed by atoms with E-state index in [2.05, 4.69) is 33.4 Å². The summed E-state index contributed by atoms with van der Waals surface area (Å²) in [7, 11) is -6.00. The SMILES string of the molecule is CCC(C)C([NH3+])(CC)CC.F[B-](F)(F)F. The van der Waals surface area contributed by atoms with Crippen LogP contribution in [0.3, 0.4) is 0 Å². The van der Waals surface area contributed by atoms with Gasteiger partial charge in [-0.2, -0.15) is 0 Å². The molecule has 0 fully saturated rings. The van der Waals surface area contributed by atoms with Crippen molar-refractivity contribution in [3.63, 3.8) is 0 Å². The average Bonchev–Trinajstić information content (AvgIpc) is 2.12. The molecule has 1 atom stereocenters. The molecule has 0 saturated carbocycles. The van der Waals surface area contributed by atoms with Crippen LogP contribution in [0, 0.1) is 5.92 Å². The lowest BCUT2D eigenvalue weighted by Crippen LogP contribution is -2.74. The summed E-state index contributed by atoms with van der Waals surface area (Å²) in [6.07, 6.45) is 3.67. The van der Waals surface area contributed by atoms with Crippen LogP contribution in [0.15, 0.2) is 0 Å². The number of hydrogen-bond acceptors (Lipinski definition) is 0. The summed E-state index contributed by atoms with van der Waals surface area (Å²) in [5, 5.41) is 0. The van der Waals surface area contributed by atoms with Crippen LogP contribution >= 0.6 is 0 Å². The molecule has 0 aliphatic carbocycles. The zero-order chi connectivity index (χ0) is 12.7. The summed E-state index contributed by atoms with van der Waals surface area (Å²) < 4.78 is 39.0. The minimum absolute atomic E-state index is 0.342. The first kappa shape index (κ1) is 17.1. The van der Waals surface area contributed by atoms with E-state index in [0.29, 0.717) is 5.54 Å². The van der Waals surface area contributed by atoms with Crippen LogP contribution in [0.5, 0.6) is 0 Å². The second-order valence-corrected chi connectivity index (χ2v) is 3.87. The van der Waals surface area contributed by atoms with E-state index in [0.717, 1.165) is 5.92 Å². The van der Waals surface area contributed by atoms with Gasteiger partial charge in [0.05, 0.1) is 5.54 Å². The summed E-state index contributed by atoms with van der Waals surface area (Å²) in [5.41, 5.74) is 4.62. The maximum absolute atomic E-state index is 9.75. The predicted molar refractivity (Wildman–Crippen MR) is 55.8 cm³/mol. The molecule has 1 nitrogen and oxygen atoms in total. The van der Waals surface area contributed by atoms with Gasteiger partial charge >= 0.3 is 7.25 Å². The molecule has 3 N–H and O–H groups in total. The predicted octanol–water partition coefficient (Wildman–Crippen LogP) is 3.13. The molecule has 0 saturated heterocycles. The van der Waals surface area contributed by atoms with Gasteiger partial charge in [0.25, 0.3) is 0 Å². The first-order valence-corrected chi connectivity index (χ1v) is 5.33. The summed E-state index contributed by atoms with van der Waals surface area (Å²) in [5.74, 6) is 0.766. The normalized spacial score (nSPS) is 14.2. The minimum atomic E-state index is -6.00. The topological polar surface area (TPSA) is 27.6 Å². The average molecular weight is 231 g/mol. The molecule has 15 heavy (non-hydrogen) atoms. The number of hydrogen-bond donors (Lipinski definition) is 1. The van der Waals surface area contributed by atoms with E-state index in [1.807, 2.05) is 0 Å². The zero-order valence-electron chi connectivity index (χ0n) is 9.99. The van der Waals surface area contributed by atoms with Crippen LogP contribution in [0.2, 0.25) is 0 Å². The summed E-state index contributed by atoms with van der Waals surface area (Å²) in [4.78, 5) is 0.